The Labute approximate surface area is 132 Å². The highest BCUT2D eigenvalue weighted by atomic mass is 35.5. The predicted molar refractivity (Wildman–Crippen MR) is 83.0 cm³/mol. The summed E-state index contributed by atoms with van der Waals surface area (Å²) in [6.07, 6.45) is 4.23. The first-order valence-corrected chi connectivity index (χ1v) is 8.23. The van der Waals surface area contributed by atoms with Crippen LogP contribution in [0.2, 0.25) is 5.02 Å². The fourth-order valence-corrected chi connectivity index (χ4v) is 3.08. The molecule has 1 aromatic carbocycles. The van der Waals surface area contributed by atoms with Crippen molar-refractivity contribution < 1.29 is 4.79 Å². The Balaban J connectivity index is 1.64. The molecule has 6 heteroatoms. The summed E-state index contributed by atoms with van der Waals surface area (Å²) >= 11 is 7.15. The number of fused-ring (bicyclic) bond motifs is 1. The van der Waals surface area contributed by atoms with Gasteiger partial charge in [-0.05, 0) is 49.9 Å². The standard InChI is InChI=1S/C15H14ClN3OS/c16-11-7-5-10(6-8-11)14(20)9-21-15-17-12-3-1-2-4-13(12)18-19-15/h5-8H,1-4,9H2. The van der Waals surface area contributed by atoms with Gasteiger partial charge in [-0.25, -0.2) is 4.98 Å². The van der Waals surface area contributed by atoms with Gasteiger partial charge in [-0.15, -0.1) is 5.10 Å². The molecule has 0 spiro atoms. The molecule has 0 radical (unpaired) electrons. The van der Waals surface area contributed by atoms with Gasteiger partial charge < -0.3 is 0 Å². The molecular weight excluding hydrogens is 306 g/mol. The smallest absolute Gasteiger partial charge is 0.209 e. The van der Waals surface area contributed by atoms with Crippen molar-refractivity contribution in [3.63, 3.8) is 0 Å². The molecule has 1 aromatic heterocycles. The van der Waals surface area contributed by atoms with E-state index in [-0.39, 0.29) is 5.78 Å². The minimum Gasteiger partial charge on any atom is -0.293 e. The van der Waals surface area contributed by atoms with Crippen LogP contribution in [-0.4, -0.2) is 26.7 Å². The normalized spacial score (nSPS) is 13.8. The second kappa shape index (κ2) is 6.54. The van der Waals surface area contributed by atoms with E-state index < -0.39 is 0 Å². The minimum atomic E-state index is 0.0398. The number of nitrogens with zero attached hydrogens (tertiary/aromatic N) is 3. The molecule has 2 aromatic rings. The van der Waals surface area contributed by atoms with Gasteiger partial charge in [0.25, 0.3) is 0 Å². The first kappa shape index (κ1) is 14.5. The van der Waals surface area contributed by atoms with Gasteiger partial charge in [-0.2, -0.15) is 5.10 Å². The van der Waals surface area contributed by atoms with E-state index in [1.54, 1.807) is 24.3 Å². The molecule has 108 valence electrons. The summed E-state index contributed by atoms with van der Waals surface area (Å²) in [5, 5.41) is 9.53. The molecule has 0 fully saturated rings. The summed E-state index contributed by atoms with van der Waals surface area (Å²) in [5.41, 5.74) is 2.70. The predicted octanol–water partition coefficient (Wildman–Crippen LogP) is 3.38. The number of thioether (sulfide) groups is 1. The van der Waals surface area contributed by atoms with E-state index in [9.17, 15) is 4.79 Å². The Bertz CT molecular complexity index is 660. The molecule has 0 N–H and O–H groups in total. The summed E-state index contributed by atoms with van der Waals surface area (Å²) in [6.45, 7) is 0. The summed E-state index contributed by atoms with van der Waals surface area (Å²) in [4.78, 5) is 16.6. The van der Waals surface area contributed by atoms with Gasteiger partial charge in [0.1, 0.15) is 0 Å². The Kier molecular flexibility index (Phi) is 4.51. The van der Waals surface area contributed by atoms with Crippen molar-refractivity contribution in [2.24, 2.45) is 0 Å². The Morgan fingerprint density at radius 1 is 1.10 bits per heavy atom. The lowest BCUT2D eigenvalue weighted by Gasteiger charge is -2.12. The molecule has 1 heterocycles. The molecule has 4 nitrogen and oxygen atoms in total. The number of halogens is 1. The van der Waals surface area contributed by atoms with Gasteiger partial charge in [-0.1, -0.05) is 23.4 Å². The molecule has 3 rings (SSSR count). The van der Waals surface area contributed by atoms with Crippen LogP contribution in [0, 0.1) is 0 Å². The average Bonchev–Trinajstić information content (AvgIpc) is 2.53. The largest absolute Gasteiger partial charge is 0.293 e. The maximum absolute atomic E-state index is 12.1. The zero-order valence-electron chi connectivity index (χ0n) is 11.4. The minimum absolute atomic E-state index is 0.0398. The Morgan fingerprint density at radius 3 is 2.57 bits per heavy atom. The summed E-state index contributed by atoms with van der Waals surface area (Å²) in [6, 6.07) is 6.90. The molecule has 0 amide bonds. The molecule has 1 aliphatic rings. The number of ketones is 1. The lowest BCUT2D eigenvalue weighted by molar-refractivity contribution is 0.102. The number of aryl methyl sites for hydroxylation is 2. The van der Waals surface area contributed by atoms with E-state index in [0.29, 0.717) is 21.5 Å². The third kappa shape index (κ3) is 3.60. The van der Waals surface area contributed by atoms with Gasteiger partial charge in [0.2, 0.25) is 5.16 Å². The molecular formula is C15H14ClN3OS. The van der Waals surface area contributed by atoms with Crippen LogP contribution < -0.4 is 0 Å². The van der Waals surface area contributed by atoms with Crippen molar-refractivity contribution in [1.82, 2.24) is 15.2 Å². The lowest BCUT2D eigenvalue weighted by atomic mass is 10.0. The molecule has 0 unspecified atom stereocenters. The van der Waals surface area contributed by atoms with Crippen LogP contribution in [0.3, 0.4) is 0 Å². The van der Waals surface area contributed by atoms with Crippen LogP contribution in [0.4, 0.5) is 0 Å². The molecule has 21 heavy (non-hydrogen) atoms. The number of benzene rings is 1. The fraction of sp³-hybridized carbons (Fsp3) is 0.333. The third-order valence-corrected chi connectivity index (χ3v) is 4.49. The average molecular weight is 320 g/mol. The van der Waals surface area contributed by atoms with Gasteiger partial charge in [0, 0.05) is 10.6 Å². The Hall–Kier alpha value is -1.46. The highest BCUT2D eigenvalue weighted by Crippen LogP contribution is 2.21. The van der Waals surface area contributed by atoms with E-state index in [2.05, 4.69) is 15.2 Å². The molecule has 0 saturated carbocycles. The van der Waals surface area contributed by atoms with Crippen LogP contribution >= 0.6 is 23.4 Å². The number of rotatable bonds is 4. The summed E-state index contributed by atoms with van der Waals surface area (Å²) in [7, 11) is 0. The number of hydrogen-bond acceptors (Lipinski definition) is 5. The number of hydrogen-bond donors (Lipinski definition) is 0. The van der Waals surface area contributed by atoms with Crippen LogP contribution in [0.25, 0.3) is 0 Å². The number of aromatic nitrogens is 3. The number of carbonyl (C=O) groups is 1. The molecule has 0 aliphatic heterocycles. The van der Waals surface area contributed by atoms with Crippen LogP contribution in [0.15, 0.2) is 29.4 Å². The first-order chi connectivity index (χ1) is 10.2. The van der Waals surface area contributed by atoms with Crippen LogP contribution in [0.1, 0.15) is 34.6 Å². The van der Waals surface area contributed by atoms with Crippen LogP contribution in [-0.2, 0) is 12.8 Å². The van der Waals surface area contributed by atoms with Crippen molar-refractivity contribution in [2.45, 2.75) is 30.8 Å². The number of carbonyl (C=O) groups excluding carboxylic acids is 1. The zero-order chi connectivity index (χ0) is 14.7. The highest BCUT2D eigenvalue weighted by Gasteiger charge is 2.15. The van der Waals surface area contributed by atoms with Crippen LogP contribution in [0.5, 0.6) is 0 Å². The van der Waals surface area contributed by atoms with E-state index in [4.69, 9.17) is 11.6 Å². The maximum Gasteiger partial charge on any atom is 0.209 e. The SMILES string of the molecule is O=C(CSc1nnc2c(n1)CCCC2)c1ccc(Cl)cc1. The van der Waals surface area contributed by atoms with Crippen molar-refractivity contribution in [3.05, 3.63) is 46.2 Å². The molecule has 0 bridgehead atoms. The van der Waals surface area contributed by atoms with Gasteiger partial charge in [-0.3, -0.25) is 4.79 Å². The second-order valence-corrected chi connectivity index (χ2v) is 6.29. The molecule has 1 aliphatic carbocycles. The summed E-state index contributed by atoms with van der Waals surface area (Å²) < 4.78 is 0. The van der Waals surface area contributed by atoms with E-state index in [0.717, 1.165) is 37.1 Å². The topological polar surface area (TPSA) is 55.7 Å². The third-order valence-electron chi connectivity index (χ3n) is 3.40. The second-order valence-electron chi connectivity index (χ2n) is 4.91. The first-order valence-electron chi connectivity index (χ1n) is 6.86. The van der Waals surface area contributed by atoms with Crippen molar-refractivity contribution >= 4 is 29.1 Å². The van der Waals surface area contributed by atoms with Crippen molar-refractivity contribution in [1.29, 1.82) is 0 Å². The van der Waals surface area contributed by atoms with Crippen molar-refractivity contribution in [2.75, 3.05) is 5.75 Å². The Morgan fingerprint density at radius 2 is 1.81 bits per heavy atom. The van der Waals surface area contributed by atoms with E-state index in [1.165, 1.54) is 11.8 Å². The number of Topliss-reactive ketones (excluding diaryl/α,β-unsaturated/α-hetero) is 1. The zero-order valence-corrected chi connectivity index (χ0v) is 13.0. The highest BCUT2D eigenvalue weighted by molar-refractivity contribution is 7.99. The summed E-state index contributed by atoms with van der Waals surface area (Å²) in [5.74, 6) is 0.347. The van der Waals surface area contributed by atoms with Gasteiger partial charge in [0.05, 0.1) is 17.1 Å². The van der Waals surface area contributed by atoms with Gasteiger partial charge in [0.15, 0.2) is 5.78 Å². The lowest BCUT2D eigenvalue weighted by Crippen LogP contribution is -2.11. The fourth-order valence-electron chi connectivity index (χ4n) is 2.25. The maximum atomic E-state index is 12.1. The van der Waals surface area contributed by atoms with E-state index in [1.807, 2.05) is 0 Å². The molecule has 0 saturated heterocycles. The van der Waals surface area contributed by atoms with Crippen molar-refractivity contribution in [3.8, 4) is 0 Å². The van der Waals surface area contributed by atoms with Gasteiger partial charge >= 0.3 is 0 Å². The monoisotopic (exact) mass is 319 g/mol. The quantitative estimate of drug-likeness (QED) is 0.638. The van der Waals surface area contributed by atoms with E-state index >= 15 is 0 Å². The molecule has 0 atom stereocenters.